The number of amides is 1. The van der Waals surface area contributed by atoms with Crippen molar-refractivity contribution in [2.75, 3.05) is 5.75 Å². The van der Waals surface area contributed by atoms with Crippen LogP contribution in [-0.4, -0.2) is 11.7 Å². The molecule has 0 aliphatic carbocycles. The lowest BCUT2D eigenvalue weighted by atomic mass is 10.1. The highest BCUT2D eigenvalue weighted by molar-refractivity contribution is 8.00. The van der Waals surface area contributed by atoms with Gasteiger partial charge < -0.3 is 5.32 Å². The highest BCUT2D eigenvalue weighted by Crippen LogP contribution is 2.21. The molecule has 0 aliphatic rings. The number of aryl methyl sites for hydroxylation is 2. The van der Waals surface area contributed by atoms with Crippen molar-refractivity contribution >= 4 is 17.7 Å². The van der Waals surface area contributed by atoms with Gasteiger partial charge in [-0.3, -0.25) is 4.79 Å². The topological polar surface area (TPSA) is 29.1 Å². The van der Waals surface area contributed by atoms with Crippen molar-refractivity contribution in [3.8, 4) is 0 Å². The largest absolute Gasteiger partial charge is 0.349 e. The van der Waals surface area contributed by atoms with Gasteiger partial charge in [-0.15, -0.1) is 11.8 Å². The molecule has 0 saturated carbocycles. The fourth-order valence-corrected chi connectivity index (χ4v) is 2.87. The van der Waals surface area contributed by atoms with Gasteiger partial charge in [0.05, 0.1) is 11.8 Å². The molecule has 21 heavy (non-hydrogen) atoms. The second-order valence-corrected chi connectivity index (χ2v) is 6.28. The summed E-state index contributed by atoms with van der Waals surface area (Å²) < 4.78 is 0. The highest BCUT2D eigenvalue weighted by atomic mass is 32.2. The Morgan fingerprint density at radius 2 is 1.81 bits per heavy atom. The zero-order valence-corrected chi connectivity index (χ0v) is 13.5. The lowest BCUT2D eigenvalue weighted by molar-refractivity contribution is -0.119. The van der Waals surface area contributed by atoms with Crippen LogP contribution in [0.15, 0.2) is 53.4 Å². The summed E-state index contributed by atoms with van der Waals surface area (Å²) in [5, 5.41) is 3.03. The van der Waals surface area contributed by atoms with Gasteiger partial charge in [-0.05, 0) is 49.6 Å². The van der Waals surface area contributed by atoms with Crippen LogP contribution in [0.5, 0.6) is 0 Å². The number of rotatable bonds is 5. The monoisotopic (exact) mass is 299 g/mol. The lowest BCUT2D eigenvalue weighted by Gasteiger charge is -2.14. The highest BCUT2D eigenvalue weighted by Gasteiger charge is 2.09. The Balaban J connectivity index is 1.86. The van der Waals surface area contributed by atoms with E-state index in [1.807, 2.05) is 37.3 Å². The molecule has 0 aromatic heterocycles. The van der Waals surface area contributed by atoms with E-state index in [-0.39, 0.29) is 11.9 Å². The third kappa shape index (κ3) is 4.64. The van der Waals surface area contributed by atoms with Crippen LogP contribution in [0.25, 0.3) is 0 Å². The minimum Gasteiger partial charge on any atom is -0.349 e. The number of thioether (sulfide) groups is 1. The van der Waals surface area contributed by atoms with Gasteiger partial charge in [0.25, 0.3) is 0 Å². The third-order valence-electron chi connectivity index (χ3n) is 3.53. The smallest absolute Gasteiger partial charge is 0.230 e. The summed E-state index contributed by atoms with van der Waals surface area (Å²) in [7, 11) is 0. The van der Waals surface area contributed by atoms with Gasteiger partial charge in [-0.1, -0.05) is 36.4 Å². The number of hydrogen-bond donors (Lipinski definition) is 1. The maximum Gasteiger partial charge on any atom is 0.230 e. The van der Waals surface area contributed by atoms with E-state index in [9.17, 15) is 4.79 Å². The molecule has 0 heterocycles. The molecule has 2 rings (SSSR count). The van der Waals surface area contributed by atoms with Crippen LogP contribution >= 0.6 is 11.8 Å². The molecular formula is C18H21NOS. The fraction of sp³-hybridized carbons (Fsp3) is 0.278. The number of carbonyl (C=O) groups is 1. The summed E-state index contributed by atoms with van der Waals surface area (Å²) >= 11 is 1.58. The Bertz CT molecular complexity index is 610. The van der Waals surface area contributed by atoms with Crippen LogP contribution in [0.3, 0.4) is 0 Å². The molecule has 0 aliphatic heterocycles. The van der Waals surface area contributed by atoms with E-state index in [1.165, 1.54) is 11.1 Å². The first-order valence-electron chi connectivity index (χ1n) is 7.10. The first kappa shape index (κ1) is 15.6. The van der Waals surface area contributed by atoms with Crippen molar-refractivity contribution in [3.05, 3.63) is 65.2 Å². The Morgan fingerprint density at radius 3 is 2.48 bits per heavy atom. The first-order chi connectivity index (χ1) is 10.1. The predicted molar refractivity (Wildman–Crippen MR) is 89.6 cm³/mol. The maximum absolute atomic E-state index is 12.0. The fourth-order valence-electron chi connectivity index (χ4n) is 2.06. The lowest BCUT2D eigenvalue weighted by Crippen LogP contribution is -2.28. The van der Waals surface area contributed by atoms with E-state index in [4.69, 9.17) is 0 Å². The van der Waals surface area contributed by atoms with Crippen molar-refractivity contribution in [2.45, 2.75) is 31.7 Å². The number of benzene rings is 2. The summed E-state index contributed by atoms with van der Waals surface area (Å²) in [4.78, 5) is 13.2. The summed E-state index contributed by atoms with van der Waals surface area (Å²) in [5.41, 5.74) is 3.67. The second kappa shape index (κ2) is 7.32. The standard InChI is InChI=1S/C18H21NOS/c1-13-9-10-17(11-14(13)2)21-12-18(20)19-15(3)16-7-5-4-6-8-16/h4-11,15H,12H2,1-3H3,(H,19,20). The number of carbonyl (C=O) groups excluding carboxylic acids is 1. The Hall–Kier alpha value is -1.74. The van der Waals surface area contributed by atoms with Gasteiger partial charge in [0.15, 0.2) is 0 Å². The zero-order valence-electron chi connectivity index (χ0n) is 12.7. The average Bonchev–Trinajstić information content (AvgIpc) is 2.49. The van der Waals surface area contributed by atoms with Crippen LogP contribution < -0.4 is 5.32 Å². The maximum atomic E-state index is 12.0. The third-order valence-corrected chi connectivity index (χ3v) is 4.52. The van der Waals surface area contributed by atoms with Crippen LogP contribution in [0.1, 0.15) is 29.7 Å². The molecule has 1 atom stereocenters. The first-order valence-corrected chi connectivity index (χ1v) is 8.09. The molecule has 0 bridgehead atoms. The minimum atomic E-state index is 0.0408. The summed E-state index contributed by atoms with van der Waals surface area (Å²) in [6.07, 6.45) is 0. The molecule has 110 valence electrons. The molecule has 1 unspecified atom stereocenters. The van der Waals surface area contributed by atoms with Crippen molar-refractivity contribution in [3.63, 3.8) is 0 Å². The van der Waals surface area contributed by atoms with E-state index in [0.717, 1.165) is 10.5 Å². The quantitative estimate of drug-likeness (QED) is 0.835. The van der Waals surface area contributed by atoms with Crippen LogP contribution in [0.4, 0.5) is 0 Å². The minimum absolute atomic E-state index is 0.0408. The van der Waals surface area contributed by atoms with Gasteiger partial charge in [-0.2, -0.15) is 0 Å². The van der Waals surface area contributed by atoms with Crippen molar-refractivity contribution in [1.29, 1.82) is 0 Å². The predicted octanol–water partition coefficient (Wildman–Crippen LogP) is 4.27. The molecule has 2 aromatic rings. The van der Waals surface area contributed by atoms with Crippen LogP contribution in [0.2, 0.25) is 0 Å². The van der Waals surface area contributed by atoms with Crippen molar-refractivity contribution < 1.29 is 4.79 Å². The molecule has 2 aromatic carbocycles. The van der Waals surface area contributed by atoms with Gasteiger partial charge in [0.1, 0.15) is 0 Å². The SMILES string of the molecule is Cc1ccc(SCC(=O)NC(C)c2ccccc2)cc1C. The van der Waals surface area contributed by atoms with Crippen molar-refractivity contribution in [1.82, 2.24) is 5.32 Å². The Morgan fingerprint density at radius 1 is 1.10 bits per heavy atom. The average molecular weight is 299 g/mol. The number of hydrogen-bond acceptors (Lipinski definition) is 2. The molecule has 0 fully saturated rings. The molecule has 0 spiro atoms. The van der Waals surface area contributed by atoms with Crippen LogP contribution in [-0.2, 0) is 4.79 Å². The van der Waals surface area contributed by atoms with Crippen molar-refractivity contribution in [2.24, 2.45) is 0 Å². The molecule has 1 amide bonds. The number of nitrogens with one attached hydrogen (secondary N) is 1. The molecule has 3 heteroatoms. The van der Waals surface area contributed by atoms with Crippen LogP contribution in [0, 0.1) is 13.8 Å². The normalized spacial score (nSPS) is 12.0. The van der Waals surface area contributed by atoms with E-state index in [2.05, 4.69) is 37.4 Å². The molecule has 0 saturated heterocycles. The van der Waals surface area contributed by atoms with Gasteiger partial charge in [-0.25, -0.2) is 0 Å². The molecule has 1 N–H and O–H groups in total. The van der Waals surface area contributed by atoms with E-state index < -0.39 is 0 Å². The zero-order chi connectivity index (χ0) is 15.2. The summed E-state index contributed by atoms with van der Waals surface area (Å²) in [5.74, 6) is 0.509. The van der Waals surface area contributed by atoms with E-state index >= 15 is 0 Å². The van der Waals surface area contributed by atoms with E-state index in [1.54, 1.807) is 11.8 Å². The molecular weight excluding hydrogens is 278 g/mol. The second-order valence-electron chi connectivity index (χ2n) is 5.23. The van der Waals surface area contributed by atoms with Gasteiger partial charge in [0.2, 0.25) is 5.91 Å². The molecule has 2 nitrogen and oxygen atoms in total. The Kier molecular flexibility index (Phi) is 5.45. The van der Waals surface area contributed by atoms with E-state index in [0.29, 0.717) is 5.75 Å². The van der Waals surface area contributed by atoms with Gasteiger partial charge in [0, 0.05) is 4.90 Å². The summed E-state index contributed by atoms with van der Waals surface area (Å²) in [6, 6.07) is 16.4. The molecule has 0 radical (unpaired) electrons. The van der Waals surface area contributed by atoms with Gasteiger partial charge >= 0.3 is 0 Å². The summed E-state index contributed by atoms with van der Waals surface area (Å²) in [6.45, 7) is 6.20. The Labute approximate surface area is 131 Å².